The van der Waals surface area contributed by atoms with Gasteiger partial charge in [-0.2, -0.15) is 0 Å². The lowest BCUT2D eigenvalue weighted by Gasteiger charge is -1.95. The molecule has 4 heteroatoms. The monoisotopic (exact) mass is 331 g/mol. The standard InChI is InChI=1S/C3H3F2I2/c4-2(5)1-3(6)7/h1-3H. The van der Waals surface area contributed by atoms with Crippen LogP contribution in [-0.4, -0.2) is 8.36 Å². The van der Waals surface area contributed by atoms with Crippen LogP contribution in [0.4, 0.5) is 8.78 Å². The van der Waals surface area contributed by atoms with Crippen LogP contribution in [0.5, 0.6) is 0 Å². The van der Waals surface area contributed by atoms with Crippen molar-refractivity contribution in [2.45, 2.75) is 8.36 Å². The van der Waals surface area contributed by atoms with Crippen LogP contribution >= 0.6 is 45.2 Å². The van der Waals surface area contributed by atoms with E-state index in [9.17, 15) is 8.78 Å². The Morgan fingerprint density at radius 1 is 1.29 bits per heavy atom. The van der Waals surface area contributed by atoms with Crippen molar-refractivity contribution in [1.29, 1.82) is 0 Å². The topological polar surface area (TPSA) is 0 Å². The minimum Gasteiger partial charge on any atom is -0.210 e. The zero-order valence-corrected chi connectivity index (χ0v) is 7.56. The van der Waals surface area contributed by atoms with E-state index in [1.807, 2.05) is 45.2 Å². The normalized spacial score (nSPS) is 11.1. The van der Waals surface area contributed by atoms with Gasteiger partial charge in [0, 0.05) is 0 Å². The summed E-state index contributed by atoms with van der Waals surface area (Å²) in [5.41, 5.74) is 0. The van der Waals surface area contributed by atoms with Gasteiger partial charge < -0.3 is 0 Å². The molecular weight excluding hydrogens is 328 g/mol. The second-order valence-corrected chi connectivity index (χ2v) is 5.93. The summed E-state index contributed by atoms with van der Waals surface area (Å²) in [5, 5.41) is 0. The van der Waals surface area contributed by atoms with Gasteiger partial charge in [-0.15, -0.1) is 0 Å². The Labute approximate surface area is 68.3 Å². The average Bonchev–Trinajstić information content (AvgIpc) is 1.27. The summed E-state index contributed by atoms with van der Waals surface area (Å²) in [6.07, 6.45) is -1.29. The molecule has 0 unspecified atom stereocenters. The first-order valence-corrected chi connectivity index (χ1v) is 4.03. The Bertz CT molecular complexity index is 40.2. The van der Waals surface area contributed by atoms with Crippen molar-refractivity contribution in [2.75, 3.05) is 0 Å². The summed E-state index contributed by atoms with van der Waals surface area (Å²) in [5.74, 6) is 0. The van der Waals surface area contributed by atoms with E-state index in [1.165, 1.54) is 0 Å². The molecule has 0 rings (SSSR count). The number of hydrogen-bond acceptors (Lipinski definition) is 0. The van der Waals surface area contributed by atoms with Crippen LogP contribution in [0.25, 0.3) is 0 Å². The molecule has 0 bridgehead atoms. The first-order valence-electron chi connectivity index (χ1n) is 1.54. The molecule has 0 heterocycles. The lowest BCUT2D eigenvalue weighted by molar-refractivity contribution is 0.186. The highest BCUT2D eigenvalue weighted by atomic mass is 127. The molecule has 1 radical (unpaired) electrons. The predicted molar refractivity (Wildman–Crippen MR) is 42.1 cm³/mol. The Morgan fingerprint density at radius 3 is 1.71 bits per heavy atom. The van der Waals surface area contributed by atoms with Crippen LogP contribution in [0.15, 0.2) is 0 Å². The van der Waals surface area contributed by atoms with Crippen molar-refractivity contribution >= 4 is 45.2 Å². The Balaban J connectivity index is 2.95. The molecule has 0 aromatic heterocycles. The molecule has 0 N–H and O–H groups in total. The molecule has 0 fully saturated rings. The molecule has 0 nitrogen and oxygen atoms in total. The molecule has 0 aliphatic carbocycles. The van der Waals surface area contributed by atoms with Crippen LogP contribution < -0.4 is 0 Å². The molecule has 0 aromatic carbocycles. The van der Waals surface area contributed by atoms with E-state index in [2.05, 4.69) is 0 Å². The third-order valence-corrected chi connectivity index (χ3v) is 1.12. The molecule has 43 valence electrons. The van der Waals surface area contributed by atoms with Gasteiger partial charge in [0.2, 0.25) is 6.43 Å². The van der Waals surface area contributed by atoms with Crippen LogP contribution in [0.1, 0.15) is 0 Å². The molecule has 7 heavy (non-hydrogen) atoms. The van der Waals surface area contributed by atoms with E-state index in [1.54, 1.807) is 0 Å². The number of hydrogen-bond donors (Lipinski definition) is 0. The minimum absolute atomic E-state index is 0.0600. The molecule has 0 aliphatic rings. The zero-order chi connectivity index (χ0) is 5.86. The molecule has 0 aromatic rings. The first-order chi connectivity index (χ1) is 3.13. The summed E-state index contributed by atoms with van der Waals surface area (Å²) in [6, 6.07) is 0. The van der Waals surface area contributed by atoms with Gasteiger partial charge in [0.05, 0.1) is 8.35 Å². The van der Waals surface area contributed by atoms with Crippen molar-refractivity contribution in [3.05, 3.63) is 6.42 Å². The Morgan fingerprint density at radius 2 is 1.71 bits per heavy atom. The molecule has 0 saturated heterocycles. The predicted octanol–water partition coefficient (Wildman–Crippen LogP) is 2.65. The summed E-state index contributed by atoms with van der Waals surface area (Å²) < 4.78 is 22.4. The SMILES string of the molecule is FC(F)[CH]C(I)I. The van der Waals surface area contributed by atoms with Crippen LogP contribution in [0.2, 0.25) is 0 Å². The molecular formula is C3H3F2I2. The van der Waals surface area contributed by atoms with Crippen molar-refractivity contribution in [3.8, 4) is 0 Å². The quantitative estimate of drug-likeness (QED) is 0.539. The summed E-state index contributed by atoms with van der Waals surface area (Å²) in [4.78, 5) is 0. The van der Waals surface area contributed by atoms with Gasteiger partial charge in [-0.3, -0.25) is 0 Å². The van der Waals surface area contributed by atoms with Crippen molar-refractivity contribution in [1.82, 2.24) is 0 Å². The fraction of sp³-hybridized carbons (Fsp3) is 0.667. The van der Waals surface area contributed by atoms with E-state index in [4.69, 9.17) is 0 Å². The lowest BCUT2D eigenvalue weighted by atomic mass is 10.5. The van der Waals surface area contributed by atoms with Crippen molar-refractivity contribution in [3.63, 3.8) is 0 Å². The molecule has 0 amide bonds. The first kappa shape index (κ1) is 8.32. The van der Waals surface area contributed by atoms with Crippen molar-refractivity contribution in [2.24, 2.45) is 0 Å². The molecule has 0 aliphatic heterocycles. The van der Waals surface area contributed by atoms with E-state index >= 15 is 0 Å². The van der Waals surface area contributed by atoms with Crippen LogP contribution in [0, 0.1) is 6.42 Å². The van der Waals surface area contributed by atoms with Gasteiger partial charge >= 0.3 is 0 Å². The number of alkyl halides is 4. The molecule has 0 saturated carbocycles. The van der Waals surface area contributed by atoms with Gasteiger partial charge in [0.1, 0.15) is 0 Å². The average molecular weight is 331 g/mol. The highest BCUT2D eigenvalue weighted by molar-refractivity contribution is 14.2. The van der Waals surface area contributed by atoms with E-state index in [0.717, 1.165) is 6.42 Å². The third kappa shape index (κ3) is 7.32. The maximum atomic E-state index is 11.2. The van der Waals surface area contributed by atoms with Gasteiger partial charge in [-0.1, -0.05) is 45.2 Å². The smallest absolute Gasteiger partial charge is 0.210 e. The minimum atomic E-state index is -2.27. The summed E-state index contributed by atoms with van der Waals surface area (Å²) in [6.45, 7) is 0. The highest BCUT2D eigenvalue weighted by Crippen LogP contribution is 2.16. The fourth-order valence-electron chi connectivity index (χ4n) is 0.110. The maximum Gasteiger partial charge on any atom is 0.243 e. The van der Waals surface area contributed by atoms with E-state index in [-0.39, 0.29) is 1.93 Å². The number of rotatable bonds is 2. The third-order valence-electron chi connectivity index (χ3n) is 0.291. The van der Waals surface area contributed by atoms with Crippen LogP contribution in [0.3, 0.4) is 0 Å². The largest absolute Gasteiger partial charge is 0.243 e. The van der Waals surface area contributed by atoms with Gasteiger partial charge in [-0.05, 0) is 0 Å². The summed E-state index contributed by atoms with van der Waals surface area (Å²) in [7, 11) is 0. The summed E-state index contributed by atoms with van der Waals surface area (Å²) >= 11 is 3.82. The lowest BCUT2D eigenvalue weighted by Crippen LogP contribution is -1.96. The highest BCUT2D eigenvalue weighted by Gasteiger charge is 2.07. The van der Waals surface area contributed by atoms with Gasteiger partial charge in [0.25, 0.3) is 0 Å². The Kier molecular flexibility index (Phi) is 5.02. The number of halogens is 4. The van der Waals surface area contributed by atoms with E-state index in [0.29, 0.717) is 0 Å². The van der Waals surface area contributed by atoms with Crippen LogP contribution in [-0.2, 0) is 0 Å². The Hall–Kier alpha value is 1.32. The van der Waals surface area contributed by atoms with E-state index < -0.39 is 6.43 Å². The molecule has 0 atom stereocenters. The fourth-order valence-corrected chi connectivity index (χ4v) is 0.738. The van der Waals surface area contributed by atoms with Gasteiger partial charge in [0.15, 0.2) is 0 Å². The van der Waals surface area contributed by atoms with Crippen molar-refractivity contribution < 1.29 is 8.78 Å². The maximum absolute atomic E-state index is 11.2. The zero-order valence-electron chi connectivity index (χ0n) is 3.24. The second kappa shape index (κ2) is 4.22. The van der Waals surface area contributed by atoms with Gasteiger partial charge in [-0.25, -0.2) is 8.78 Å². The molecule has 0 spiro atoms. The second-order valence-electron chi connectivity index (χ2n) is 0.861.